The van der Waals surface area contributed by atoms with E-state index in [0.717, 1.165) is 50.3 Å². The molecule has 1 aromatic carbocycles. The molecule has 2 rings (SSSR count). The number of benzene rings is 1. The Morgan fingerprint density at radius 2 is 1.55 bits per heavy atom. The number of unbranched alkanes of at least 4 members (excludes halogenated alkanes) is 2. The van der Waals surface area contributed by atoms with Crippen molar-refractivity contribution in [3.05, 3.63) is 30.3 Å². The molecule has 0 unspecified atom stereocenters. The number of hydrogen-bond donors (Lipinski definition) is 2. The highest BCUT2D eigenvalue weighted by Gasteiger charge is 2.14. The van der Waals surface area contributed by atoms with Gasteiger partial charge in [-0.2, -0.15) is 15.0 Å². The van der Waals surface area contributed by atoms with Crippen LogP contribution in [-0.4, -0.2) is 67.6 Å². The summed E-state index contributed by atoms with van der Waals surface area (Å²) in [5.41, 5.74) is 6.38. The Kier molecular flexibility index (Phi) is 12.5. The van der Waals surface area contributed by atoms with E-state index in [1.165, 1.54) is 0 Å². The Balaban J connectivity index is 2.08. The molecule has 0 aliphatic carbocycles. The van der Waals surface area contributed by atoms with Crippen molar-refractivity contribution in [2.75, 3.05) is 62.8 Å². The van der Waals surface area contributed by atoms with Crippen LogP contribution in [0, 0.1) is 0 Å². The molecule has 0 aliphatic heterocycles. The van der Waals surface area contributed by atoms with Gasteiger partial charge in [-0.05, 0) is 12.8 Å². The fourth-order valence-electron chi connectivity index (χ4n) is 2.95. The molecule has 2 aromatic rings. The van der Waals surface area contributed by atoms with Crippen molar-refractivity contribution in [2.45, 2.75) is 39.5 Å². The van der Waals surface area contributed by atoms with Crippen LogP contribution in [0.2, 0.25) is 0 Å². The first-order valence-electron chi connectivity index (χ1n) is 11.4. The normalized spacial score (nSPS) is 10.9. The van der Waals surface area contributed by atoms with Crippen LogP contribution in [0.3, 0.4) is 0 Å². The molecule has 0 fully saturated rings. The molecule has 0 saturated carbocycles. The van der Waals surface area contributed by atoms with Gasteiger partial charge in [-0.1, -0.05) is 57.0 Å². The lowest BCUT2D eigenvalue weighted by atomic mass is 10.2. The molecule has 1 aromatic heterocycles. The molecule has 0 spiro atoms. The van der Waals surface area contributed by atoms with Crippen LogP contribution in [-0.2, 0) is 9.47 Å². The van der Waals surface area contributed by atoms with E-state index in [1.807, 2.05) is 30.3 Å². The van der Waals surface area contributed by atoms with Gasteiger partial charge in [0.2, 0.25) is 11.9 Å². The molecule has 8 heteroatoms. The minimum absolute atomic E-state index is 0.528. The van der Waals surface area contributed by atoms with Gasteiger partial charge in [-0.3, -0.25) is 0 Å². The Bertz CT molecular complexity index is 708. The summed E-state index contributed by atoms with van der Waals surface area (Å²) < 4.78 is 10.9. The van der Waals surface area contributed by atoms with Crippen LogP contribution in [0.5, 0.6) is 0 Å². The van der Waals surface area contributed by atoms with E-state index in [0.29, 0.717) is 51.3 Å². The molecule has 1 heterocycles. The van der Waals surface area contributed by atoms with Crippen molar-refractivity contribution < 1.29 is 9.47 Å². The van der Waals surface area contributed by atoms with Gasteiger partial charge in [0.1, 0.15) is 0 Å². The Morgan fingerprint density at radius 3 is 2.19 bits per heavy atom. The third-order valence-corrected chi connectivity index (χ3v) is 4.67. The third kappa shape index (κ3) is 9.59. The molecule has 0 amide bonds. The molecule has 8 nitrogen and oxygen atoms in total. The largest absolute Gasteiger partial charge is 0.378 e. The van der Waals surface area contributed by atoms with Crippen LogP contribution in [0.15, 0.2) is 30.3 Å². The average molecular weight is 431 g/mol. The second kappa shape index (κ2) is 15.5. The third-order valence-electron chi connectivity index (χ3n) is 4.67. The summed E-state index contributed by atoms with van der Waals surface area (Å²) in [6.07, 6.45) is 4.49. The number of nitrogens with one attached hydrogen (secondary N) is 1. The summed E-state index contributed by atoms with van der Waals surface area (Å²) in [6.45, 7) is 9.63. The summed E-state index contributed by atoms with van der Waals surface area (Å²) in [4.78, 5) is 16.4. The quantitative estimate of drug-likeness (QED) is 0.369. The lowest BCUT2D eigenvalue weighted by molar-refractivity contribution is 0.0547. The molecule has 172 valence electrons. The van der Waals surface area contributed by atoms with Gasteiger partial charge in [0.25, 0.3) is 0 Å². The van der Waals surface area contributed by atoms with Crippen molar-refractivity contribution in [1.29, 1.82) is 0 Å². The van der Waals surface area contributed by atoms with E-state index in [4.69, 9.17) is 25.2 Å². The lowest BCUT2D eigenvalue weighted by Gasteiger charge is -2.23. The molecular formula is C23H38N6O2. The van der Waals surface area contributed by atoms with Gasteiger partial charge in [0.15, 0.2) is 5.82 Å². The molecular weight excluding hydrogens is 392 g/mol. The zero-order valence-electron chi connectivity index (χ0n) is 19.1. The minimum Gasteiger partial charge on any atom is -0.378 e. The fraction of sp³-hybridized carbons (Fsp3) is 0.609. The van der Waals surface area contributed by atoms with E-state index in [9.17, 15) is 0 Å². The predicted molar refractivity (Wildman–Crippen MR) is 126 cm³/mol. The number of ether oxygens (including phenoxy) is 2. The van der Waals surface area contributed by atoms with Crippen LogP contribution in [0.25, 0.3) is 11.4 Å². The highest BCUT2D eigenvalue weighted by Crippen LogP contribution is 2.20. The first-order valence-corrected chi connectivity index (χ1v) is 11.4. The highest BCUT2D eigenvalue weighted by molar-refractivity contribution is 5.58. The lowest BCUT2D eigenvalue weighted by Crippen LogP contribution is -2.28. The number of rotatable bonds is 17. The van der Waals surface area contributed by atoms with Gasteiger partial charge in [0, 0.05) is 31.7 Å². The van der Waals surface area contributed by atoms with Gasteiger partial charge in [0.05, 0.1) is 26.4 Å². The fourth-order valence-corrected chi connectivity index (χ4v) is 2.95. The smallest absolute Gasteiger partial charge is 0.230 e. The summed E-state index contributed by atoms with van der Waals surface area (Å²) in [5, 5.41) is 3.29. The predicted octanol–water partition coefficient (Wildman–Crippen LogP) is 3.35. The van der Waals surface area contributed by atoms with Crippen molar-refractivity contribution >= 4 is 11.9 Å². The number of hydrogen-bond acceptors (Lipinski definition) is 8. The number of aromatic nitrogens is 3. The summed E-state index contributed by atoms with van der Waals surface area (Å²) >= 11 is 0. The zero-order valence-corrected chi connectivity index (χ0v) is 19.1. The number of nitrogens with two attached hydrogens (primary N) is 1. The monoisotopic (exact) mass is 430 g/mol. The number of anilines is 2. The maximum Gasteiger partial charge on any atom is 0.230 e. The van der Waals surface area contributed by atoms with Gasteiger partial charge in [-0.15, -0.1) is 0 Å². The Morgan fingerprint density at radius 1 is 0.871 bits per heavy atom. The minimum atomic E-state index is 0.528. The van der Waals surface area contributed by atoms with Crippen LogP contribution >= 0.6 is 0 Å². The Hall–Kier alpha value is -2.29. The van der Waals surface area contributed by atoms with Crippen molar-refractivity contribution in [2.24, 2.45) is 5.73 Å². The van der Waals surface area contributed by atoms with E-state index < -0.39 is 0 Å². The van der Waals surface area contributed by atoms with E-state index in [1.54, 1.807) is 0 Å². The van der Waals surface area contributed by atoms with Crippen molar-refractivity contribution in [3.63, 3.8) is 0 Å². The van der Waals surface area contributed by atoms with E-state index >= 15 is 0 Å². The van der Waals surface area contributed by atoms with Crippen LogP contribution in [0.4, 0.5) is 11.9 Å². The molecule has 31 heavy (non-hydrogen) atoms. The molecule has 0 bridgehead atoms. The first-order chi connectivity index (χ1) is 15.3. The molecule has 0 atom stereocenters. The molecule has 0 saturated heterocycles. The standard InChI is InChI=1S/C23H38N6O2/c1-3-5-14-29(15-6-4-2)23-27-21(20-10-8-7-9-11-20)26-22(28-23)25-13-17-31-19-18-30-16-12-24/h7-11H,3-6,12-19,24H2,1-2H3,(H,25,26,27,28). The second-order valence-corrected chi connectivity index (χ2v) is 7.28. The maximum atomic E-state index is 5.59. The van der Waals surface area contributed by atoms with Crippen LogP contribution < -0.4 is 16.0 Å². The maximum absolute atomic E-state index is 5.59. The Labute approximate surface area is 186 Å². The van der Waals surface area contributed by atoms with Crippen LogP contribution in [0.1, 0.15) is 39.5 Å². The SMILES string of the molecule is CCCCN(CCCC)c1nc(NCCOCCOCCN)nc(-c2ccccc2)n1. The second-order valence-electron chi connectivity index (χ2n) is 7.28. The topological polar surface area (TPSA) is 98.4 Å². The van der Waals surface area contributed by atoms with Gasteiger partial charge < -0.3 is 25.4 Å². The van der Waals surface area contributed by atoms with E-state index in [-0.39, 0.29) is 0 Å². The molecule has 0 aliphatic rings. The first kappa shape index (κ1) is 25.0. The van der Waals surface area contributed by atoms with Crippen molar-refractivity contribution in [1.82, 2.24) is 15.0 Å². The van der Waals surface area contributed by atoms with Crippen molar-refractivity contribution in [3.8, 4) is 11.4 Å². The molecule has 0 radical (unpaired) electrons. The summed E-state index contributed by atoms with van der Waals surface area (Å²) in [7, 11) is 0. The van der Waals surface area contributed by atoms with Gasteiger partial charge >= 0.3 is 0 Å². The van der Waals surface area contributed by atoms with E-state index in [2.05, 4.69) is 29.0 Å². The summed E-state index contributed by atoms with van der Waals surface area (Å²) in [5.74, 6) is 1.99. The highest BCUT2D eigenvalue weighted by atomic mass is 16.5. The zero-order chi connectivity index (χ0) is 22.2. The molecule has 3 N–H and O–H groups in total. The summed E-state index contributed by atoms with van der Waals surface area (Å²) in [6, 6.07) is 10.0. The van der Waals surface area contributed by atoms with Gasteiger partial charge in [-0.25, -0.2) is 0 Å². The number of nitrogens with zero attached hydrogens (tertiary/aromatic N) is 4. The average Bonchev–Trinajstić information content (AvgIpc) is 2.81.